The first-order chi connectivity index (χ1) is 29.2. The second-order valence-corrected chi connectivity index (χ2v) is 14.0. The van der Waals surface area contributed by atoms with Crippen molar-refractivity contribution in [3.05, 3.63) is 78.4 Å². The molecule has 0 amide bonds. The average Bonchev–Trinajstić information content (AvgIpc) is 3.18. The van der Waals surface area contributed by atoms with Crippen LogP contribution in [0.15, 0.2) is 71.0 Å². The summed E-state index contributed by atoms with van der Waals surface area (Å²) in [6.45, 7) is 46.7. The molecule has 0 aliphatic carbocycles. The second kappa shape index (κ2) is 76.7. The molecule has 20 heteroatoms. The maximum absolute atomic E-state index is 10.7. The van der Waals surface area contributed by atoms with Gasteiger partial charge in [-0.3, -0.25) is 62.7 Å². The number of ketones is 6. The fourth-order valence-electron chi connectivity index (χ4n) is 2.24. The molecule has 6 N–H and O–H groups in total. The third-order valence-corrected chi connectivity index (χ3v) is 5.57. The van der Waals surface area contributed by atoms with Crippen LogP contribution in [0.2, 0.25) is 0 Å². The van der Waals surface area contributed by atoms with Crippen molar-refractivity contribution in [3.8, 4) is 0 Å². The van der Waals surface area contributed by atoms with E-state index in [0.717, 1.165) is 0 Å². The minimum Gasteiger partial charge on any atom is -0.545 e. The van der Waals surface area contributed by atoms with E-state index >= 15 is 0 Å². The summed E-state index contributed by atoms with van der Waals surface area (Å²) >= 11 is 0. The van der Waals surface area contributed by atoms with E-state index < -0.39 is 0 Å². The Morgan fingerprint density at radius 3 is 0.441 bits per heavy atom. The number of allylic oxidation sites excluding steroid dienone is 12. The summed E-state index contributed by atoms with van der Waals surface area (Å²) < 4.78 is 0. The predicted octanol–water partition coefficient (Wildman–Crippen LogP) is 9.11. The molecule has 0 saturated heterocycles. The summed E-state index contributed by atoms with van der Waals surface area (Å²) in [6, 6.07) is 0. The van der Waals surface area contributed by atoms with Crippen molar-refractivity contribution in [3.63, 3.8) is 0 Å². The summed E-state index contributed by atoms with van der Waals surface area (Å²) in [6.07, 6.45) is 7.44. The van der Waals surface area contributed by atoms with E-state index in [1.807, 2.05) is 27.7 Å². The zero-order valence-electron chi connectivity index (χ0n) is 43.0. The van der Waals surface area contributed by atoms with Crippen LogP contribution in [0.1, 0.15) is 125 Å². The van der Waals surface area contributed by atoms with Gasteiger partial charge in [-0.05, 0) is 41.5 Å². The molecule has 0 saturated carbocycles. The second-order valence-electron chi connectivity index (χ2n) is 14.0. The molecule has 0 bridgehead atoms. The Morgan fingerprint density at radius 1 is 0.294 bits per heavy atom. The smallest absolute Gasteiger partial charge is 0.545 e. The van der Waals surface area contributed by atoms with Crippen molar-refractivity contribution in [1.29, 1.82) is 0 Å². The molecule has 0 aromatic heterocycles. The van der Waals surface area contributed by atoms with Gasteiger partial charge in [0.25, 0.3) is 0 Å². The van der Waals surface area contributed by atoms with Crippen molar-refractivity contribution < 1.29 is 142 Å². The number of aliphatic hydroxyl groups excluding tert-OH is 6. The zero-order valence-corrected chi connectivity index (χ0v) is 48.3. The number of rotatable bonds is 12. The monoisotopic (exact) mass is 1230 g/mol. The minimum atomic E-state index is -0.110. The van der Waals surface area contributed by atoms with Gasteiger partial charge in [-0.1, -0.05) is 83.1 Å². The van der Waals surface area contributed by atoms with E-state index in [0.29, 0.717) is 0 Å². The van der Waals surface area contributed by atoms with Crippen LogP contribution < -0.4 is 0 Å². The molecule has 0 heterocycles. The molecule has 0 unspecified atom stereocenters. The van der Waals surface area contributed by atoms with Gasteiger partial charge in [-0.15, -0.1) is 0 Å². The number of hydrogen-bond donors (Lipinski definition) is 6. The van der Waals surface area contributed by atoms with E-state index in [9.17, 15) is 28.8 Å². The third kappa shape index (κ3) is 119. The first-order valence-corrected chi connectivity index (χ1v) is 18.9. The van der Waals surface area contributed by atoms with Crippen LogP contribution in [0.4, 0.5) is 0 Å². The van der Waals surface area contributed by atoms with Crippen LogP contribution >= 0.6 is 0 Å². The SMILES string of the molecule is CC(=O)C=C(O)C(C)C.CC(=O)C=C(O)C(C)C.CC(O)=CC(=O)C(C)C.CC(O)=CC(=O)C(C)C.CC(O)=CC(=O)C(C)C.CC(O)=CC(=O)C(C)C.[CH-]=O.[CH-]=O.[CH-]=O.[CH-]=O.[CH-]=O.[CH3-].[Ru+2].[Ru+2].[Ru+2]. The Labute approximate surface area is 446 Å². The number of hydrogen-bond acceptors (Lipinski definition) is 17. The summed E-state index contributed by atoms with van der Waals surface area (Å²) in [4.78, 5) is 102. The molecule has 398 valence electrons. The molecule has 0 aliphatic rings. The van der Waals surface area contributed by atoms with Gasteiger partial charge >= 0.3 is 58.4 Å². The van der Waals surface area contributed by atoms with Gasteiger partial charge in [-0.25, -0.2) is 0 Å². The van der Waals surface area contributed by atoms with Crippen LogP contribution in [0.5, 0.6) is 0 Å². The van der Waals surface area contributed by atoms with Crippen LogP contribution in [-0.4, -0.2) is 99.3 Å². The van der Waals surface area contributed by atoms with Crippen LogP contribution in [-0.2, 0) is 111 Å². The van der Waals surface area contributed by atoms with Gasteiger partial charge in [0.1, 0.15) is 0 Å². The maximum atomic E-state index is 10.7. The van der Waals surface area contributed by atoms with Gasteiger partial charge in [0.15, 0.2) is 34.7 Å². The molecule has 0 atom stereocenters. The Bertz CT molecular complexity index is 1240. The molecule has 68 heavy (non-hydrogen) atoms. The van der Waals surface area contributed by atoms with Crippen LogP contribution in [0.3, 0.4) is 0 Å². The van der Waals surface area contributed by atoms with Crippen molar-refractivity contribution in [2.45, 2.75) is 125 Å². The number of carbonyl (C=O) groups excluding carboxylic acids is 11. The topological polar surface area (TPSA) is 309 Å². The van der Waals surface area contributed by atoms with Gasteiger partial charge in [-0.2, -0.15) is 0 Å². The summed E-state index contributed by atoms with van der Waals surface area (Å²) in [5, 5.41) is 52.3. The largest absolute Gasteiger partial charge is 2.00 e. The quantitative estimate of drug-likeness (QED) is 0.0349. The van der Waals surface area contributed by atoms with Gasteiger partial charge in [0.2, 0.25) is 0 Å². The third-order valence-electron chi connectivity index (χ3n) is 5.57. The Balaban J connectivity index is -0.0000000363. The summed E-state index contributed by atoms with van der Waals surface area (Å²) in [5.41, 5.74) is 0. The van der Waals surface area contributed by atoms with Crippen LogP contribution in [0.25, 0.3) is 0 Å². The standard InChI is InChI=1S/6C7H12O2.5CHO.CH3.3Ru/c6*1-5(2)7(9)4-6(3)8;5*1-2;;;;/h2*4-5,9H,1-3H3;4*4-5,8H,1-3H3;5*1H;1H3;;;/q;;;;;;6*-1;3*+2. The Kier molecular flexibility index (Phi) is 119. The first kappa shape index (κ1) is 105. The summed E-state index contributed by atoms with van der Waals surface area (Å²) in [7, 11) is 0. The van der Waals surface area contributed by atoms with E-state index in [-0.39, 0.29) is 171 Å². The zero-order chi connectivity index (χ0) is 54.6. The van der Waals surface area contributed by atoms with Crippen molar-refractivity contribution in [2.75, 3.05) is 0 Å². The average molecular weight is 1230 g/mol. The van der Waals surface area contributed by atoms with Gasteiger partial charge in [0.05, 0.1) is 34.6 Å². The van der Waals surface area contributed by atoms with Crippen molar-refractivity contribution in [2.24, 2.45) is 35.5 Å². The molecular formula is C48H80O17Ru3. The van der Waals surface area contributed by atoms with E-state index in [4.69, 9.17) is 54.6 Å². The predicted molar refractivity (Wildman–Crippen MR) is 258 cm³/mol. The van der Waals surface area contributed by atoms with Gasteiger partial charge in [0, 0.05) is 72.0 Å². The molecule has 0 radical (unpaired) electrons. The number of aliphatic hydroxyl groups is 6. The van der Waals surface area contributed by atoms with E-state index in [1.54, 1.807) is 55.4 Å². The fraction of sp³-hybridized carbons (Fsp3) is 0.500. The van der Waals surface area contributed by atoms with Crippen LogP contribution in [0, 0.1) is 42.9 Å². The molecule has 0 aliphatic heterocycles. The molecule has 17 nitrogen and oxygen atoms in total. The number of carbonyl (C=O) groups is 6. The molecule has 0 aromatic carbocycles. The molecule has 0 aromatic rings. The van der Waals surface area contributed by atoms with E-state index in [1.165, 1.54) is 78.0 Å². The normalized spacial score (nSPS) is 10.0. The van der Waals surface area contributed by atoms with E-state index in [2.05, 4.69) is 33.9 Å². The maximum Gasteiger partial charge on any atom is 2.00 e. The Hall–Kier alpha value is -4.52. The van der Waals surface area contributed by atoms with Crippen molar-refractivity contribution in [1.82, 2.24) is 0 Å². The first-order valence-electron chi connectivity index (χ1n) is 18.9. The molecule has 0 rings (SSSR count). The fourth-order valence-corrected chi connectivity index (χ4v) is 2.24. The Morgan fingerprint density at radius 2 is 0.412 bits per heavy atom. The van der Waals surface area contributed by atoms with Crippen molar-refractivity contribution >= 4 is 68.6 Å². The minimum absolute atomic E-state index is 0. The van der Waals surface area contributed by atoms with Gasteiger partial charge < -0.3 is 62.0 Å². The molecule has 0 fully saturated rings. The molecule has 0 spiro atoms. The summed E-state index contributed by atoms with van der Waals surface area (Å²) in [5.74, 6) is 0.286. The molecular weight excluding hydrogens is 1150 g/mol.